The van der Waals surface area contributed by atoms with Crippen LogP contribution in [0.15, 0.2) is 18.2 Å². The Morgan fingerprint density at radius 2 is 1.84 bits per heavy atom. The number of anilines is 1. The van der Waals surface area contributed by atoms with Gasteiger partial charge in [-0.3, -0.25) is 4.79 Å². The molecule has 0 aliphatic carbocycles. The van der Waals surface area contributed by atoms with Gasteiger partial charge in [-0.05, 0) is 31.6 Å². The fraction of sp³-hybridized carbons (Fsp3) is 0.636. The molecule has 1 aromatic rings. The molecule has 31 heavy (non-hydrogen) atoms. The van der Waals surface area contributed by atoms with Gasteiger partial charge in [0, 0.05) is 57.4 Å². The van der Waals surface area contributed by atoms with Crippen molar-refractivity contribution >= 4 is 17.6 Å². The Balaban J connectivity index is 1.17. The van der Waals surface area contributed by atoms with Crippen LogP contribution >= 0.6 is 0 Å². The van der Waals surface area contributed by atoms with E-state index < -0.39 is 0 Å². The van der Waals surface area contributed by atoms with Crippen LogP contribution in [0.3, 0.4) is 0 Å². The number of piperazine rings is 1. The van der Waals surface area contributed by atoms with Gasteiger partial charge in [0.2, 0.25) is 5.91 Å². The van der Waals surface area contributed by atoms with E-state index >= 15 is 0 Å². The number of ether oxygens (including phenoxy) is 2. The van der Waals surface area contributed by atoms with E-state index in [1.807, 2.05) is 18.2 Å². The third-order valence-corrected chi connectivity index (χ3v) is 6.15. The normalized spacial score (nSPS) is 21.9. The van der Waals surface area contributed by atoms with Gasteiger partial charge in [-0.15, -0.1) is 0 Å². The molecule has 1 aromatic carbocycles. The van der Waals surface area contributed by atoms with Crippen molar-refractivity contribution < 1.29 is 19.1 Å². The van der Waals surface area contributed by atoms with Gasteiger partial charge >= 0.3 is 6.03 Å². The summed E-state index contributed by atoms with van der Waals surface area (Å²) in [5.41, 5.74) is 0.766. The van der Waals surface area contributed by atoms with E-state index in [9.17, 15) is 9.59 Å². The number of carbonyl (C=O) groups excluding carboxylic acids is 2. The van der Waals surface area contributed by atoms with Crippen molar-refractivity contribution in [3.05, 3.63) is 18.2 Å². The first kappa shape index (κ1) is 21.7. The molecular formula is C22H33N5O4. The van der Waals surface area contributed by atoms with E-state index in [1.165, 1.54) is 0 Å². The van der Waals surface area contributed by atoms with E-state index in [-0.39, 0.29) is 18.0 Å². The third-order valence-electron chi connectivity index (χ3n) is 6.15. The Bertz CT molecular complexity index is 781. The molecule has 1 atom stereocenters. The number of rotatable bonds is 7. The zero-order valence-electron chi connectivity index (χ0n) is 18.3. The number of amides is 3. The molecule has 0 radical (unpaired) electrons. The van der Waals surface area contributed by atoms with E-state index in [1.54, 1.807) is 4.90 Å². The fourth-order valence-corrected chi connectivity index (χ4v) is 4.32. The van der Waals surface area contributed by atoms with Gasteiger partial charge in [-0.1, -0.05) is 6.92 Å². The summed E-state index contributed by atoms with van der Waals surface area (Å²) in [4.78, 5) is 31.4. The summed E-state index contributed by atoms with van der Waals surface area (Å²) in [5, 5.41) is 5.86. The number of carbonyl (C=O) groups is 2. The van der Waals surface area contributed by atoms with Gasteiger partial charge in [0.15, 0.2) is 11.5 Å². The highest BCUT2D eigenvalue weighted by Gasteiger charge is 2.32. The van der Waals surface area contributed by atoms with E-state index in [0.717, 1.165) is 51.4 Å². The van der Waals surface area contributed by atoms with Crippen LogP contribution in [0.4, 0.5) is 10.5 Å². The molecule has 9 nitrogen and oxygen atoms in total. The highest BCUT2D eigenvalue weighted by Crippen LogP contribution is 2.35. The molecule has 3 heterocycles. The minimum atomic E-state index is -0.211. The van der Waals surface area contributed by atoms with Crippen LogP contribution in [-0.2, 0) is 4.79 Å². The van der Waals surface area contributed by atoms with E-state index in [2.05, 4.69) is 27.4 Å². The largest absolute Gasteiger partial charge is 0.486 e. The molecule has 2 fully saturated rings. The lowest BCUT2D eigenvalue weighted by Gasteiger charge is -2.33. The lowest BCUT2D eigenvalue weighted by Crippen LogP contribution is -2.47. The smallest absolute Gasteiger partial charge is 0.315 e. The number of urea groups is 1. The summed E-state index contributed by atoms with van der Waals surface area (Å²) in [6, 6.07) is 5.09. The second kappa shape index (κ2) is 10.2. The number of hydrogen-bond acceptors (Lipinski definition) is 6. The summed E-state index contributed by atoms with van der Waals surface area (Å²) in [7, 11) is 0. The Hall–Kier alpha value is -2.52. The van der Waals surface area contributed by atoms with Gasteiger partial charge < -0.3 is 34.8 Å². The fourth-order valence-electron chi connectivity index (χ4n) is 4.32. The van der Waals surface area contributed by atoms with Crippen LogP contribution in [0, 0.1) is 0 Å². The first-order valence-corrected chi connectivity index (χ1v) is 11.3. The summed E-state index contributed by atoms with van der Waals surface area (Å²) >= 11 is 0. The van der Waals surface area contributed by atoms with Gasteiger partial charge in [-0.25, -0.2) is 4.79 Å². The Labute approximate surface area is 183 Å². The maximum Gasteiger partial charge on any atom is 0.315 e. The first-order chi connectivity index (χ1) is 15.1. The van der Waals surface area contributed by atoms with Gasteiger partial charge in [0.1, 0.15) is 13.2 Å². The summed E-state index contributed by atoms with van der Waals surface area (Å²) in [6.45, 7) is 10.9. The monoisotopic (exact) mass is 431 g/mol. The molecule has 3 aliphatic heterocycles. The highest BCUT2D eigenvalue weighted by atomic mass is 16.6. The second-order valence-electron chi connectivity index (χ2n) is 8.26. The van der Waals surface area contributed by atoms with Crippen LogP contribution in [0.5, 0.6) is 11.5 Å². The van der Waals surface area contributed by atoms with Crippen molar-refractivity contribution in [3.8, 4) is 11.5 Å². The molecule has 0 aromatic heterocycles. The van der Waals surface area contributed by atoms with Crippen molar-refractivity contribution in [3.63, 3.8) is 0 Å². The molecule has 3 aliphatic rings. The number of nitrogens with one attached hydrogen (secondary N) is 2. The number of nitrogens with zero attached hydrogens (tertiary/aromatic N) is 3. The number of benzene rings is 1. The Morgan fingerprint density at radius 1 is 1.10 bits per heavy atom. The minimum absolute atomic E-state index is 0.00630. The Kier molecular flexibility index (Phi) is 7.14. The molecule has 9 heteroatoms. The lowest BCUT2D eigenvalue weighted by atomic mass is 10.2. The van der Waals surface area contributed by atoms with Crippen LogP contribution in [0.25, 0.3) is 0 Å². The SMILES string of the molecule is CCN1CCN(CCCNC(=O)NC2CC(=O)N(c3ccc4c(c3)OCCO4)C2)CC1. The highest BCUT2D eigenvalue weighted by molar-refractivity contribution is 5.97. The van der Waals surface area contributed by atoms with E-state index in [4.69, 9.17) is 9.47 Å². The molecule has 2 N–H and O–H groups in total. The summed E-state index contributed by atoms with van der Waals surface area (Å²) in [6.07, 6.45) is 1.22. The zero-order chi connectivity index (χ0) is 21.6. The topological polar surface area (TPSA) is 86.4 Å². The molecule has 4 rings (SSSR count). The predicted octanol–water partition coefficient (Wildman–Crippen LogP) is 0.890. The molecule has 0 saturated carbocycles. The third kappa shape index (κ3) is 5.59. The van der Waals surface area contributed by atoms with Crippen molar-refractivity contribution in [2.75, 3.05) is 70.5 Å². The molecule has 1 unspecified atom stereocenters. The maximum absolute atomic E-state index is 12.5. The number of likely N-dealkylation sites (N-methyl/N-ethyl adjacent to an activating group) is 1. The van der Waals surface area contributed by atoms with Crippen molar-refractivity contribution in [1.29, 1.82) is 0 Å². The second-order valence-corrected chi connectivity index (χ2v) is 8.26. The van der Waals surface area contributed by atoms with Crippen LogP contribution in [0.1, 0.15) is 19.8 Å². The Morgan fingerprint density at radius 3 is 2.61 bits per heavy atom. The molecular weight excluding hydrogens is 398 g/mol. The van der Waals surface area contributed by atoms with Crippen molar-refractivity contribution in [2.45, 2.75) is 25.8 Å². The van der Waals surface area contributed by atoms with Gasteiger partial charge in [0.05, 0.1) is 6.04 Å². The first-order valence-electron chi connectivity index (χ1n) is 11.3. The van der Waals surface area contributed by atoms with Gasteiger partial charge in [-0.2, -0.15) is 0 Å². The van der Waals surface area contributed by atoms with Crippen molar-refractivity contribution in [2.24, 2.45) is 0 Å². The molecule has 0 bridgehead atoms. The average Bonchev–Trinajstić information content (AvgIpc) is 3.16. The van der Waals surface area contributed by atoms with Crippen LogP contribution in [-0.4, -0.2) is 93.4 Å². The molecule has 2 saturated heterocycles. The lowest BCUT2D eigenvalue weighted by molar-refractivity contribution is -0.117. The van der Waals surface area contributed by atoms with E-state index in [0.29, 0.717) is 44.2 Å². The molecule has 170 valence electrons. The summed E-state index contributed by atoms with van der Waals surface area (Å²) in [5.74, 6) is 1.35. The van der Waals surface area contributed by atoms with Crippen molar-refractivity contribution in [1.82, 2.24) is 20.4 Å². The average molecular weight is 432 g/mol. The minimum Gasteiger partial charge on any atom is -0.486 e. The number of fused-ring (bicyclic) bond motifs is 1. The molecule has 0 spiro atoms. The number of hydrogen-bond donors (Lipinski definition) is 2. The summed E-state index contributed by atoms with van der Waals surface area (Å²) < 4.78 is 11.1. The molecule has 3 amide bonds. The van der Waals surface area contributed by atoms with Gasteiger partial charge in [0.25, 0.3) is 0 Å². The quantitative estimate of drug-likeness (QED) is 0.624. The van der Waals surface area contributed by atoms with Crippen LogP contribution in [0.2, 0.25) is 0 Å². The standard InChI is InChI=1S/C22H33N5O4/c1-2-25-8-10-26(11-9-25)7-3-6-23-22(29)24-17-14-21(28)27(16-17)18-4-5-19-20(15-18)31-13-12-30-19/h4-5,15,17H,2-3,6-14,16H2,1H3,(H2,23,24,29). The van der Waals surface area contributed by atoms with Crippen LogP contribution < -0.4 is 25.0 Å². The maximum atomic E-state index is 12.5. The zero-order valence-corrected chi connectivity index (χ0v) is 18.3. The predicted molar refractivity (Wildman–Crippen MR) is 118 cm³/mol.